The molecule has 5 heteroatoms. The topological polar surface area (TPSA) is 47.7 Å². The summed E-state index contributed by atoms with van der Waals surface area (Å²) in [5.41, 5.74) is 7.56. The Labute approximate surface area is 120 Å². The number of anilines is 1. The van der Waals surface area contributed by atoms with Crippen LogP contribution in [0.5, 0.6) is 5.75 Å². The van der Waals surface area contributed by atoms with E-state index in [1.54, 1.807) is 7.11 Å². The van der Waals surface area contributed by atoms with E-state index >= 15 is 0 Å². The van der Waals surface area contributed by atoms with Gasteiger partial charge in [0.2, 0.25) is 0 Å². The maximum atomic E-state index is 5.75. The van der Waals surface area contributed by atoms with E-state index in [4.69, 9.17) is 27.4 Å². The molecular formula is C14H22N2O2S. The number of likely N-dealkylation sites (N-methyl/N-ethyl adjacent to an activating group) is 1. The Bertz CT molecular complexity index is 435. The zero-order chi connectivity index (χ0) is 14.4. The molecule has 0 aliphatic heterocycles. The smallest absolute Gasteiger partial charge is 0.120 e. The first-order valence-electron chi connectivity index (χ1n) is 6.26. The zero-order valence-corrected chi connectivity index (χ0v) is 12.8. The van der Waals surface area contributed by atoms with Gasteiger partial charge < -0.3 is 20.1 Å². The van der Waals surface area contributed by atoms with E-state index in [9.17, 15) is 0 Å². The van der Waals surface area contributed by atoms with Crippen molar-refractivity contribution in [3.63, 3.8) is 0 Å². The quantitative estimate of drug-likeness (QED) is 0.777. The molecule has 0 heterocycles. The summed E-state index contributed by atoms with van der Waals surface area (Å²) >= 11 is 5.08. The number of rotatable bonds is 7. The lowest BCUT2D eigenvalue weighted by Crippen LogP contribution is -2.26. The molecule has 0 atom stereocenters. The van der Waals surface area contributed by atoms with Gasteiger partial charge in [0.25, 0.3) is 0 Å². The van der Waals surface area contributed by atoms with Crippen LogP contribution in [0.15, 0.2) is 18.2 Å². The Balaban J connectivity index is 2.86. The number of ether oxygens (including phenoxy) is 2. The van der Waals surface area contributed by atoms with Gasteiger partial charge in [0, 0.05) is 25.2 Å². The third-order valence-corrected chi connectivity index (χ3v) is 2.98. The van der Waals surface area contributed by atoms with Crippen molar-refractivity contribution >= 4 is 22.9 Å². The highest BCUT2D eigenvalue weighted by molar-refractivity contribution is 7.80. The third-order valence-electron chi connectivity index (χ3n) is 2.76. The van der Waals surface area contributed by atoms with Crippen LogP contribution < -0.4 is 15.4 Å². The van der Waals surface area contributed by atoms with Gasteiger partial charge in [-0.05, 0) is 26.0 Å². The molecule has 0 saturated heterocycles. The molecule has 0 amide bonds. The average molecular weight is 282 g/mol. The van der Waals surface area contributed by atoms with Gasteiger partial charge >= 0.3 is 0 Å². The lowest BCUT2D eigenvalue weighted by Gasteiger charge is -2.23. The first-order chi connectivity index (χ1) is 8.95. The average Bonchev–Trinajstić information content (AvgIpc) is 2.37. The molecule has 1 rings (SSSR count). The van der Waals surface area contributed by atoms with Crippen LogP contribution >= 0.6 is 12.2 Å². The third kappa shape index (κ3) is 4.69. The van der Waals surface area contributed by atoms with E-state index in [-0.39, 0.29) is 6.10 Å². The highest BCUT2D eigenvalue weighted by Gasteiger charge is 2.11. The number of methoxy groups -OCH3 is 1. The van der Waals surface area contributed by atoms with E-state index in [2.05, 4.69) is 4.90 Å². The summed E-state index contributed by atoms with van der Waals surface area (Å²) in [7, 11) is 3.63. The fourth-order valence-corrected chi connectivity index (χ4v) is 1.88. The van der Waals surface area contributed by atoms with Crippen LogP contribution in [0, 0.1) is 0 Å². The molecule has 19 heavy (non-hydrogen) atoms. The summed E-state index contributed by atoms with van der Waals surface area (Å²) in [6.07, 6.45) is 0.230. The molecule has 0 spiro atoms. The van der Waals surface area contributed by atoms with Crippen molar-refractivity contribution < 1.29 is 9.47 Å². The number of nitrogens with two attached hydrogens (primary N) is 1. The number of hydrogen-bond donors (Lipinski definition) is 1. The van der Waals surface area contributed by atoms with Crippen molar-refractivity contribution in [1.29, 1.82) is 0 Å². The second-order valence-corrected chi connectivity index (χ2v) is 5.03. The summed E-state index contributed by atoms with van der Waals surface area (Å²) in [4.78, 5) is 2.45. The minimum Gasteiger partial charge on any atom is -0.497 e. The first-order valence-corrected chi connectivity index (χ1v) is 6.67. The van der Waals surface area contributed by atoms with Gasteiger partial charge in [0.15, 0.2) is 0 Å². The zero-order valence-electron chi connectivity index (χ0n) is 12.0. The molecule has 0 bridgehead atoms. The molecule has 0 radical (unpaired) electrons. The SMILES string of the molecule is COc1ccc(C(N)=S)c(N(C)CCOC(C)C)c1. The fraction of sp³-hybridized carbons (Fsp3) is 0.500. The molecular weight excluding hydrogens is 260 g/mol. The van der Waals surface area contributed by atoms with Gasteiger partial charge in [-0.1, -0.05) is 12.2 Å². The molecule has 1 aromatic rings. The lowest BCUT2D eigenvalue weighted by molar-refractivity contribution is 0.0846. The summed E-state index contributed by atoms with van der Waals surface area (Å²) in [6, 6.07) is 5.68. The lowest BCUT2D eigenvalue weighted by atomic mass is 10.1. The number of benzene rings is 1. The Hall–Kier alpha value is -1.33. The molecule has 0 aliphatic carbocycles. The number of nitrogens with zero attached hydrogens (tertiary/aromatic N) is 1. The van der Waals surface area contributed by atoms with Gasteiger partial charge in [0.1, 0.15) is 10.7 Å². The second-order valence-electron chi connectivity index (χ2n) is 4.59. The van der Waals surface area contributed by atoms with Gasteiger partial charge in [0.05, 0.1) is 25.5 Å². The van der Waals surface area contributed by atoms with Gasteiger partial charge in [-0.25, -0.2) is 0 Å². The minimum atomic E-state index is 0.230. The van der Waals surface area contributed by atoms with Crippen LogP contribution in [0.25, 0.3) is 0 Å². The predicted molar refractivity (Wildman–Crippen MR) is 83.2 cm³/mol. The van der Waals surface area contributed by atoms with Crippen molar-refractivity contribution in [3.05, 3.63) is 23.8 Å². The normalized spacial score (nSPS) is 10.6. The van der Waals surface area contributed by atoms with Crippen molar-refractivity contribution in [2.45, 2.75) is 20.0 Å². The van der Waals surface area contributed by atoms with Crippen LogP contribution in [0.1, 0.15) is 19.4 Å². The summed E-state index contributed by atoms with van der Waals surface area (Å²) in [6.45, 7) is 5.46. The molecule has 0 saturated carbocycles. The van der Waals surface area contributed by atoms with E-state index in [0.717, 1.165) is 23.5 Å². The van der Waals surface area contributed by atoms with Gasteiger partial charge in [-0.15, -0.1) is 0 Å². The minimum absolute atomic E-state index is 0.230. The molecule has 0 fully saturated rings. The molecule has 0 aromatic heterocycles. The standard InChI is InChI=1S/C14H22N2O2S/c1-10(2)18-8-7-16(3)13-9-11(17-4)5-6-12(13)14(15)19/h5-6,9-10H,7-8H2,1-4H3,(H2,15,19). The van der Waals surface area contributed by atoms with Crippen molar-refractivity contribution in [2.24, 2.45) is 5.73 Å². The Kier molecular flexibility index (Phi) is 6.05. The van der Waals surface area contributed by atoms with Crippen molar-refractivity contribution in [3.8, 4) is 5.75 Å². The Morgan fingerprint density at radius 3 is 2.63 bits per heavy atom. The first kappa shape index (κ1) is 15.7. The molecule has 106 valence electrons. The second kappa shape index (κ2) is 7.31. The fourth-order valence-electron chi connectivity index (χ4n) is 1.71. The van der Waals surface area contributed by atoms with Gasteiger partial charge in [-0.2, -0.15) is 0 Å². The van der Waals surface area contributed by atoms with E-state index < -0.39 is 0 Å². The maximum absolute atomic E-state index is 5.75. The number of thiocarbonyl (C=S) groups is 1. The molecule has 2 N–H and O–H groups in total. The molecule has 0 aliphatic rings. The van der Waals surface area contributed by atoms with Crippen molar-refractivity contribution in [2.75, 3.05) is 32.2 Å². The summed E-state index contributed by atoms with van der Waals surface area (Å²) < 4.78 is 10.8. The monoisotopic (exact) mass is 282 g/mol. The molecule has 1 aromatic carbocycles. The summed E-state index contributed by atoms with van der Waals surface area (Å²) in [5.74, 6) is 0.784. The highest BCUT2D eigenvalue weighted by Crippen LogP contribution is 2.25. The van der Waals surface area contributed by atoms with Crippen LogP contribution in [-0.4, -0.2) is 38.4 Å². The Morgan fingerprint density at radius 1 is 1.42 bits per heavy atom. The van der Waals surface area contributed by atoms with E-state index in [0.29, 0.717) is 11.6 Å². The maximum Gasteiger partial charge on any atom is 0.120 e. The predicted octanol–water partition coefficient (Wildman–Crippen LogP) is 2.19. The van der Waals surface area contributed by atoms with Gasteiger partial charge in [-0.3, -0.25) is 0 Å². The van der Waals surface area contributed by atoms with Crippen LogP contribution in [0.3, 0.4) is 0 Å². The molecule has 4 nitrogen and oxygen atoms in total. The van der Waals surface area contributed by atoms with Crippen LogP contribution in [0.2, 0.25) is 0 Å². The molecule has 0 unspecified atom stereocenters. The summed E-state index contributed by atoms with van der Waals surface area (Å²) in [5, 5.41) is 0. The van der Waals surface area contributed by atoms with E-state index in [1.165, 1.54) is 0 Å². The highest BCUT2D eigenvalue weighted by atomic mass is 32.1. The largest absolute Gasteiger partial charge is 0.497 e. The van der Waals surface area contributed by atoms with Crippen LogP contribution in [0.4, 0.5) is 5.69 Å². The van der Waals surface area contributed by atoms with E-state index in [1.807, 2.05) is 39.1 Å². The number of hydrogen-bond acceptors (Lipinski definition) is 4. The van der Waals surface area contributed by atoms with Crippen molar-refractivity contribution in [1.82, 2.24) is 0 Å². The Morgan fingerprint density at radius 2 is 2.11 bits per heavy atom. The van der Waals surface area contributed by atoms with Crippen LogP contribution in [-0.2, 0) is 4.74 Å².